The Morgan fingerprint density at radius 2 is 2.00 bits per heavy atom. The van der Waals surface area contributed by atoms with Crippen LogP contribution >= 0.6 is 0 Å². The second-order valence-electron chi connectivity index (χ2n) is 4.76. The average Bonchev–Trinajstić information content (AvgIpc) is 2.53. The van der Waals surface area contributed by atoms with Gasteiger partial charge in [-0.25, -0.2) is 4.68 Å². The molecule has 0 aliphatic carbocycles. The molecule has 0 N–H and O–H groups in total. The molecular weight excluding hydrogens is 200 g/mol. The lowest BCUT2D eigenvalue weighted by molar-refractivity contribution is 0.341. The molecular formula is C13H24N2O. The molecule has 3 nitrogen and oxygen atoms in total. The molecule has 92 valence electrons. The Bertz CT molecular complexity index is 357. The molecule has 0 bridgehead atoms. The molecule has 1 atom stereocenters. The van der Waals surface area contributed by atoms with E-state index in [4.69, 9.17) is 4.74 Å². The van der Waals surface area contributed by atoms with Crippen LogP contribution in [0.15, 0.2) is 0 Å². The van der Waals surface area contributed by atoms with Gasteiger partial charge in [0.15, 0.2) is 0 Å². The first-order valence-corrected chi connectivity index (χ1v) is 6.08. The van der Waals surface area contributed by atoms with Crippen molar-refractivity contribution in [2.24, 2.45) is 7.05 Å². The maximum Gasteiger partial charge on any atom is 0.215 e. The highest BCUT2D eigenvalue weighted by atomic mass is 16.5. The molecule has 1 unspecified atom stereocenters. The number of hydrogen-bond donors (Lipinski definition) is 0. The standard InChI is InChI=1S/C13H24N2O/c1-7-9-13(4,8-2)11-10(3)14-15(5)12(11)16-6/h7-9H2,1-6H3. The zero-order chi connectivity index (χ0) is 12.3. The third-order valence-corrected chi connectivity index (χ3v) is 3.55. The van der Waals surface area contributed by atoms with Crippen molar-refractivity contribution < 1.29 is 4.74 Å². The molecule has 3 heteroatoms. The lowest BCUT2D eigenvalue weighted by Gasteiger charge is -2.28. The van der Waals surface area contributed by atoms with Gasteiger partial charge in [0.25, 0.3) is 0 Å². The van der Waals surface area contributed by atoms with Gasteiger partial charge in [0.05, 0.1) is 12.8 Å². The molecule has 1 heterocycles. The van der Waals surface area contributed by atoms with Crippen LogP contribution in [0.3, 0.4) is 0 Å². The van der Waals surface area contributed by atoms with Crippen LogP contribution < -0.4 is 4.74 Å². The molecule has 0 spiro atoms. The summed E-state index contributed by atoms with van der Waals surface area (Å²) in [5.41, 5.74) is 2.55. The van der Waals surface area contributed by atoms with Gasteiger partial charge in [-0.2, -0.15) is 5.10 Å². The van der Waals surface area contributed by atoms with Crippen LogP contribution in [-0.2, 0) is 12.5 Å². The van der Waals surface area contributed by atoms with Crippen LogP contribution in [-0.4, -0.2) is 16.9 Å². The van der Waals surface area contributed by atoms with Gasteiger partial charge in [-0.1, -0.05) is 27.2 Å². The predicted octanol–water partition coefficient (Wildman–Crippen LogP) is 3.20. The molecule has 0 fully saturated rings. The first kappa shape index (κ1) is 13.1. The number of methoxy groups -OCH3 is 1. The second-order valence-corrected chi connectivity index (χ2v) is 4.76. The predicted molar refractivity (Wildman–Crippen MR) is 67.0 cm³/mol. The summed E-state index contributed by atoms with van der Waals surface area (Å²) < 4.78 is 7.33. The molecule has 0 saturated carbocycles. The fourth-order valence-electron chi connectivity index (χ4n) is 2.60. The number of aryl methyl sites for hydroxylation is 2. The van der Waals surface area contributed by atoms with E-state index in [1.807, 2.05) is 11.7 Å². The van der Waals surface area contributed by atoms with Crippen molar-refractivity contribution in [2.75, 3.05) is 7.11 Å². The minimum absolute atomic E-state index is 0.179. The summed E-state index contributed by atoms with van der Waals surface area (Å²) in [6, 6.07) is 0. The summed E-state index contributed by atoms with van der Waals surface area (Å²) in [5.74, 6) is 0.912. The number of hydrogen-bond acceptors (Lipinski definition) is 2. The maximum absolute atomic E-state index is 5.49. The third-order valence-electron chi connectivity index (χ3n) is 3.55. The monoisotopic (exact) mass is 224 g/mol. The Morgan fingerprint density at radius 3 is 2.44 bits per heavy atom. The van der Waals surface area contributed by atoms with Crippen LogP contribution in [0.4, 0.5) is 0 Å². The highest BCUT2D eigenvalue weighted by Crippen LogP contribution is 2.39. The van der Waals surface area contributed by atoms with Gasteiger partial charge in [-0.15, -0.1) is 0 Å². The number of rotatable bonds is 5. The molecule has 1 aromatic heterocycles. The topological polar surface area (TPSA) is 27.1 Å². The summed E-state index contributed by atoms with van der Waals surface area (Å²) in [6.07, 6.45) is 3.47. The summed E-state index contributed by atoms with van der Waals surface area (Å²) in [7, 11) is 3.67. The number of aromatic nitrogens is 2. The largest absolute Gasteiger partial charge is 0.481 e. The van der Waals surface area contributed by atoms with Crippen molar-refractivity contribution in [1.82, 2.24) is 9.78 Å². The molecule has 1 aromatic rings. The van der Waals surface area contributed by atoms with Crippen LogP contribution in [0.5, 0.6) is 5.88 Å². The van der Waals surface area contributed by atoms with E-state index in [0.717, 1.165) is 18.0 Å². The van der Waals surface area contributed by atoms with Crippen molar-refractivity contribution in [1.29, 1.82) is 0 Å². The summed E-state index contributed by atoms with van der Waals surface area (Å²) >= 11 is 0. The van der Waals surface area contributed by atoms with E-state index in [1.54, 1.807) is 7.11 Å². The molecule has 0 aliphatic rings. The van der Waals surface area contributed by atoms with E-state index in [-0.39, 0.29) is 5.41 Å². The molecule has 0 saturated heterocycles. The van der Waals surface area contributed by atoms with Gasteiger partial charge >= 0.3 is 0 Å². The zero-order valence-electron chi connectivity index (χ0n) is 11.4. The van der Waals surface area contributed by atoms with E-state index in [9.17, 15) is 0 Å². The maximum atomic E-state index is 5.49. The normalized spacial score (nSPS) is 14.9. The van der Waals surface area contributed by atoms with Crippen LogP contribution in [0, 0.1) is 6.92 Å². The fourth-order valence-corrected chi connectivity index (χ4v) is 2.60. The van der Waals surface area contributed by atoms with Gasteiger partial charge < -0.3 is 4.74 Å². The Labute approximate surface area is 98.8 Å². The lowest BCUT2D eigenvalue weighted by atomic mass is 9.76. The van der Waals surface area contributed by atoms with E-state index < -0.39 is 0 Å². The van der Waals surface area contributed by atoms with Crippen molar-refractivity contribution in [3.8, 4) is 5.88 Å². The third kappa shape index (κ3) is 2.08. The van der Waals surface area contributed by atoms with E-state index in [0.29, 0.717) is 0 Å². The van der Waals surface area contributed by atoms with E-state index in [1.165, 1.54) is 18.4 Å². The Kier molecular flexibility index (Phi) is 4.00. The van der Waals surface area contributed by atoms with Gasteiger partial charge in [-0.05, 0) is 25.2 Å². The second kappa shape index (κ2) is 4.89. The molecule has 0 aromatic carbocycles. The number of nitrogens with zero attached hydrogens (tertiary/aromatic N) is 2. The lowest BCUT2D eigenvalue weighted by Crippen LogP contribution is -2.22. The van der Waals surface area contributed by atoms with Crippen LogP contribution in [0.1, 0.15) is 51.3 Å². The summed E-state index contributed by atoms with van der Waals surface area (Å²) in [6.45, 7) is 8.85. The van der Waals surface area contributed by atoms with Crippen molar-refractivity contribution >= 4 is 0 Å². The Balaban J connectivity index is 3.28. The minimum atomic E-state index is 0.179. The van der Waals surface area contributed by atoms with E-state index in [2.05, 4.69) is 32.8 Å². The zero-order valence-corrected chi connectivity index (χ0v) is 11.4. The van der Waals surface area contributed by atoms with Gasteiger partial charge in [0.2, 0.25) is 5.88 Å². The SMILES string of the molecule is CCCC(C)(CC)c1c(C)nn(C)c1OC. The van der Waals surface area contributed by atoms with Gasteiger partial charge in [0, 0.05) is 12.6 Å². The molecule has 0 radical (unpaired) electrons. The van der Waals surface area contributed by atoms with Gasteiger partial charge in [0.1, 0.15) is 0 Å². The van der Waals surface area contributed by atoms with Crippen molar-refractivity contribution in [2.45, 2.75) is 52.4 Å². The van der Waals surface area contributed by atoms with Crippen LogP contribution in [0.2, 0.25) is 0 Å². The van der Waals surface area contributed by atoms with E-state index >= 15 is 0 Å². The fraction of sp³-hybridized carbons (Fsp3) is 0.769. The molecule has 0 aliphatic heterocycles. The minimum Gasteiger partial charge on any atom is -0.481 e. The highest BCUT2D eigenvalue weighted by molar-refractivity contribution is 5.38. The number of ether oxygens (including phenoxy) is 1. The quantitative estimate of drug-likeness (QED) is 0.768. The Hall–Kier alpha value is -0.990. The molecule has 0 amide bonds. The molecule has 1 rings (SSSR count). The van der Waals surface area contributed by atoms with Crippen molar-refractivity contribution in [3.05, 3.63) is 11.3 Å². The average molecular weight is 224 g/mol. The van der Waals surface area contributed by atoms with Gasteiger partial charge in [-0.3, -0.25) is 0 Å². The summed E-state index contributed by atoms with van der Waals surface area (Å²) in [4.78, 5) is 0. The smallest absolute Gasteiger partial charge is 0.215 e. The van der Waals surface area contributed by atoms with Crippen molar-refractivity contribution in [3.63, 3.8) is 0 Å². The first-order valence-electron chi connectivity index (χ1n) is 6.08. The highest BCUT2D eigenvalue weighted by Gasteiger charge is 2.31. The van der Waals surface area contributed by atoms with Crippen LogP contribution in [0.25, 0.3) is 0 Å². The Morgan fingerprint density at radius 1 is 1.38 bits per heavy atom. The first-order chi connectivity index (χ1) is 7.50. The molecule has 16 heavy (non-hydrogen) atoms. The summed E-state index contributed by atoms with van der Waals surface area (Å²) in [5, 5.41) is 4.47.